The summed E-state index contributed by atoms with van der Waals surface area (Å²) in [5.74, 6) is 0.0735. The molecule has 0 bridgehead atoms. The fourth-order valence-corrected chi connectivity index (χ4v) is 2.36. The second kappa shape index (κ2) is 6.54. The summed E-state index contributed by atoms with van der Waals surface area (Å²) in [6, 6.07) is 6.46. The van der Waals surface area contributed by atoms with Crippen molar-refractivity contribution in [2.24, 2.45) is 0 Å². The summed E-state index contributed by atoms with van der Waals surface area (Å²) in [4.78, 5) is 16.3. The first-order valence-electron chi connectivity index (χ1n) is 6.62. The quantitative estimate of drug-likeness (QED) is 0.836. The van der Waals surface area contributed by atoms with E-state index in [9.17, 15) is 9.90 Å². The Hall–Kier alpha value is -1.59. The number of phenolic OH excluding ortho intramolecular Hbond substituents is 1. The van der Waals surface area contributed by atoms with Gasteiger partial charge in [0, 0.05) is 31.7 Å². The fourth-order valence-electron chi connectivity index (χ4n) is 2.36. The summed E-state index contributed by atoms with van der Waals surface area (Å²) in [6.07, 6.45) is 0.907. The molecule has 0 unspecified atom stereocenters. The average Bonchev–Trinajstić information content (AvgIpc) is 2.64. The summed E-state index contributed by atoms with van der Waals surface area (Å²) in [5.41, 5.74) is 0.524. The van der Waals surface area contributed by atoms with Gasteiger partial charge in [0.1, 0.15) is 5.75 Å². The third-order valence-electron chi connectivity index (χ3n) is 3.39. The number of carbonyl (C=O) groups excluding carboxylic acids is 1. The molecule has 1 heterocycles. The smallest absolute Gasteiger partial charge is 0.254 e. The van der Waals surface area contributed by atoms with Crippen LogP contribution in [0.15, 0.2) is 24.3 Å². The Morgan fingerprint density at radius 3 is 2.79 bits per heavy atom. The van der Waals surface area contributed by atoms with Crippen LogP contribution in [0.25, 0.3) is 0 Å². The van der Waals surface area contributed by atoms with Gasteiger partial charge in [-0.25, -0.2) is 0 Å². The van der Waals surface area contributed by atoms with Crippen LogP contribution in [0.5, 0.6) is 5.75 Å². The van der Waals surface area contributed by atoms with Crippen molar-refractivity contribution in [3.63, 3.8) is 0 Å². The summed E-state index contributed by atoms with van der Waals surface area (Å²) in [5, 5.41) is 18.4. The number of aliphatic hydroxyl groups excluding tert-OH is 1. The zero-order valence-corrected chi connectivity index (χ0v) is 11.0. The number of nitrogens with zero attached hydrogens (tertiary/aromatic N) is 2. The molecule has 5 nitrogen and oxygen atoms in total. The highest BCUT2D eigenvalue weighted by atomic mass is 16.3. The first kappa shape index (κ1) is 13.8. The Morgan fingerprint density at radius 2 is 2.05 bits per heavy atom. The molecule has 0 atom stereocenters. The normalized spacial score (nSPS) is 17.2. The lowest BCUT2D eigenvalue weighted by Crippen LogP contribution is -2.35. The predicted octanol–water partition coefficient (Wildman–Crippen LogP) is 0.532. The molecule has 1 saturated heterocycles. The second-order valence-electron chi connectivity index (χ2n) is 4.76. The van der Waals surface area contributed by atoms with Crippen molar-refractivity contribution in [1.82, 2.24) is 9.80 Å². The third kappa shape index (κ3) is 3.68. The SMILES string of the molecule is O=C(c1cccc(O)c1)N1CCCN(CCO)CC1. The van der Waals surface area contributed by atoms with E-state index in [1.807, 2.05) is 4.90 Å². The van der Waals surface area contributed by atoms with E-state index >= 15 is 0 Å². The van der Waals surface area contributed by atoms with Crippen molar-refractivity contribution in [2.75, 3.05) is 39.3 Å². The Labute approximate surface area is 113 Å². The second-order valence-corrected chi connectivity index (χ2v) is 4.76. The van der Waals surface area contributed by atoms with Gasteiger partial charge >= 0.3 is 0 Å². The number of phenols is 1. The average molecular weight is 264 g/mol. The molecule has 2 N–H and O–H groups in total. The summed E-state index contributed by atoms with van der Waals surface area (Å²) in [6.45, 7) is 3.88. The van der Waals surface area contributed by atoms with Crippen LogP contribution >= 0.6 is 0 Å². The minimum atomic E-state index is -0.0400. The van der Waals surface area contributed by atoms with Gasteiger partial charge in [0.25, 0.3) is 5.91 Å². The maximum Gasteiger partial charge on any atom is 0.254 e. The molecule has 1 aliphatic rings. The Morgan fingerprint density at radius 1 is 1.21 bits per heavy atom. The first-order chi connectivity index (χ1) is 9.20. The maximum atomic E-state index is 12.3. The van der Waals surface area contributed by atoms with Crippen molar-refractivity contribution < 1.29 is 15.0 Å². The van der Waals surface area contributed by atoms with Gasteiger partial charge in [-0.3, -0.25) is 9.69 Å². The van der Waals surface area contributed by atoms with Gasteiger partial charge in [-0.1, -0.05) is 6.07 Å². The number of hydrogen-bond donors (Lipinski definition) is 2. The van der Waals surface area contributed by atoms with Crippen LogP contribution in [0, 0.1) is 0 Å². The molecule has 0 spiro atoms. The summed E-state index contributed by atoms with van der Waals surface area (Å²) >= 11 is 0. The highest BCUT2D eigenvalue weighted by Crippen LogP contribution is 2.14. The number of aromatic hydroxyl groups is 1. The van der Waals surface area contributed by atoms with Crippen molar-refractivity contribution in [2.45, 2.75) is 6.42 Å². The van der Waals surface area contributed by atoms with Crippen LogP contribution in [0.4, 0.5) is 0 Å². The van der Waals surface area contributed by atoms with Gasteiger partial charge in [0.2, 0.25) is 0 Å². The Bertz CT molecular complexity index is 436. The lowest BCUT2D eigenvalue weighted by Gasteiger charge is -2.21. The van der Waals surface area contributed by atoms with Crippen molar-refractivity contribution in [3.05, 3.63) is 29.8 Å². The van der Waals surface area contributed by atoms with E-state index < -0.39 is 0 Å². The van der Waals surface area contributed by atoms with E-state index in [1.54, 1.807) is 18.2 Å². The number of β-amino-alcohol motifs (C(OH)–C–C–N with tert-alkyl or cyclic N) is 1. The van der Waals surface area contributed by atoms with E-state index in [4.69, 9.17) is 5.11 Å². The Kier molecular flexibility index (Phi) is 4.76. The predicted molar refractivity (Wildman–Crippen MR) is 72.2 cm³/mol. The first-order valence-corrected chi connectivity index (χ1v) is 6.62. The van der Waals surface area contributed by atoms with Crippen molar-refractivity contribution >= 4 is 5.91 Å². The fraction of sp³-hybridized carbons (Fsp3) is 0.500. The van der Waals surface area contributed by atoms with Crippen LogP contribution in [-0.2, 0) is 0 Å². The zero-order chi connectivity index (χ0) is 13.7. The lowest BCUT2D eigenvalue weighted by molar-refractivity contribution is 0.0760. The highest BCUT2D eigenvalue weighted by molar-refractivity contribution is 5.94. The van der Waals surface area contributed by atoms with Crippen LogP contribution in [0.2, 0.25) is 0 Å². The molecule has 0 radical (unpaired) electrons. The summed E-state index contributed by atoms with van der Waals surface area (Å²) in [7, 11) is 0. The van der Waals surface area contributed by atoms with E-state index in [2.05, 4.69) is 4.90 Å². The molecular formula is C14H20N2O3. The molecule has 1 aromatic carbocycles. The van der Waals surface area contributed by atoms with E-state index in [0.29, 0.717) is 18.7 Å². The Balaban J connectivity index is 2.00. The van der Waals surface area contributed by atoms with Gasteiger partial charge in [-0.05, 0) is 31.2 Å². The molecule has 0 aromatic heterocycles. The number of hydrogen-bond acceptors (Lipinski definition) is 4. The van der Waals surface area contributed by atoms with Crippen molar-refractivity contribution in [1.29, 1.82) is 0 Å². The minimum absolute atomic E-state index is 0.0400. The summed E-state index contributed by atoms with van der Waals surface area (Å²) < 4.78 is 0. The minimum Gasteiger partial charge on any atom is -0.508 e. The molecule has 1 aliphatic heterocycles. The largest absolute Gasteiger partial charge is 0.508 e. The number of amides is 1. The maximum absolute atomic E-state index is 12.3. The van der Waals surface area contributed by atoms with Crippen LogP contribution < -0.4 is 0 Å². The lowest BCUT2D eigenvalue weighted by atomic mass is 10.2. The van der Waals surface area contributed by atoms with Crippen LogP contribution in [-0.4, -0.2) is 65.3 Å². The molecule has 1 amide bonds. The van der Waals surface area contributed by atoms with E-state index in [0.717, 1.165) is 26.1 Å². The highest BCUT2D eigenvalue weighted by Gasteiger charge is 2.20. The number of carbonyl (C=O) groups is 1. The monoisotopic (exact) mass is 264 g/mol. The molecule has 104 valence electrons. The molecule has 0 aliphatic carbocycles. The molecule has 19 heavy (non-hydrogen) atoms. The number of benzene rings is 1. The van der Waals surface area contributed by atoms with E-state index in [1.165, 1.54) is 6.07 Å². The zero-order valence-electron chi connectivity index (χ0n) is 11.0. The van der Waals surface area contributed by atoms with Gasteiger partial charge in [0.05, 0.1) is 6.61 Å². The van der Waals surface area contributed by atoms with Gasteiger partial charge < -0.3 is 15.1 Å². The van der Waals surface area contributed by atoms with Crippen molar-refractivity contribution in [3.8, 4) is 5.75 Å². The third-order valence-corrected chi connectivity index (χ3v) is 3.39. The molecule has 2 rings (SSSR count). The number of rotatable bonds is 3. The van der Waals surface area contributed by atoms with Gasteiger partial charge in [-0.15, -0.1) is 0 Å². The number of aliphatic hydroxyl groups is 1. The molecule has 0 saturated carbocycles. The van der Waals surface area contributed by atoms with Gasteiger partial charge in [-0.2, -0.15) is 0 Å². The van der Waals surface area contributed by atoms with Gasteiger partial charge in [0.15, 0.2) is 0 Å². The van der Waals surface area contributed by atoms with Crippen LogP contribution in [0.1, 0.15) is 16.8 Å². The molecule has 1 fully saturated rings. The molecule has 1 aromatic rings. The van der Waals surface area contributed by atoms with E-state index in [-0.39, 0.29) is 18.3 Å². The topological polar surface area (TPSA) is 64.0 Å². The molecular weight excluding hydrogens is 244 g/mol. The molecule has 5 heteroatoms. The standard InChI is InChI=1S/C14H20N2O3/c17-10-9-15-5-2-6-16(8-7-15)14(19)12-3-1-4-13(18)11-12/h1,3-4,11,17-18H,2,5-10H2. The van der Waals surface area contributed by atoms with Crippen LogP contribution in [0.3, 0.4) is 0 Å².